The highest BCUT2D eigenvalue weighted by molar-refractivity contribution is 7.92. The molecule has 3 aromatic carbocycles. The van der Waals surface area contributed by atoms with E-state index in [1.54, 1.807) is 61.5 Å². The Bertz CT molecular complexity index is 1080. The number of aryl methyl sites for hydroxylation is 1. The lowest BCUT2D eigenvalue weighted by atomic mass is 10.2. The van der Waals surface area contributed by atoms with Crippen molar-refractivity contribution in [3.63, 3.8) is 0 Å². The number of rotatable bonds is 8. The Kier molecular flexibility index (Phi) is 6.74. The first kappa shape index (κ1) is 21.4. The molecule has 0 heterocycles. The van der Waals surface area contributed by atoms with E-state index in [0.717, 1.165) is 5.56 Å². The van der Waals surface area contributed by atoms with Crippen LogP contribution in [0.5, 0.6) is 5.75 Å². The van der Waals surface area contributed by atoms with Gasteiger partial charge in [0.2, 0.25) is 0 Å². The molecule has 0 fully saturated rings. The predicted molar refractivity (Wildman–Crippen MR) is 118 cm³/mol. The summed E-state index contributed by atoms with van der Waals surface area (Å²) in [5.74, 6) is 0.204. The number of amides is 1. The van der Waals surface area contributed by atoms with Crippen molar-refractivity contribution in [2.24, 2.45) is 0 Å². The van der Waals surface area contributed by atoms with Gasteiger partial charge < -0.3 is 10.1 Å². The Morgan fingerprint density at radius 2 is 1.57 bits per heavy atom. The second kappa shape index (κ2) is 9.45. The van der Waals surface area contributed by atoms with E-state index in [4.69, 9.17) is 4.74 Å². The maximum atomic E-state index is 12.9. The lowest BCUT2D eigenvalue weighted by Gasteiger charge is -2.23. The largest absolute Gasteiger partial charge is 0.484 e. The van der Waals surface area contributed by atoms with Gasteiger partial charge in [0.1, 0.15) is 5.75 Å². The van der Waals surface area contributed by atoms with Crippen molar-refractivity contribution in [2.45, 2.75) is 18.7 Å². The van der Waals surface area contributed by atoms with E-state index in [0.29, 0.717) is 17.1 Å². The molecule has 0 unspecified atom stereocenters. The Balaban J connectivity index is 1.63. The molecule has 0 atom stereocenters. The molecule has 1 amide bonds. The van der Waals surface area contributed by atoms with Crippen LogP contribution in [-0.2, 0) is 14.8 Å². The van der Waals surface area contributed by atoms with Crippen LogP contribution in [0.15, 0.2) is 83.8 Å². The van der Waals surface area contributed by atoms with Crippen molar-refractivity contribution < 1.29 is 17.9 Å². The van der Waals surface area contributed by atoms with Crippen LogP contribution in [0.25, 0.3) is 0 Å². The van der Waals surface area contributed by atoms with Gasteiger partial charge in [-0.25, -0.2) is 8.42 Å². The zero-order valence-electron chi connectivity index (χ0n) is 16.9. The molecule has 0 spiro atoms. The molecule has 0 radical (unpaired) electrons. The van der Waals surface area contributed by atoms with E-state index in [-0.39, 0.29) is 24.0 Å². The molecular formula is C23H24N2O4S. The van der Waals surface area contributed by atoms with Crippen LogP contribution in [0.2, 0.25) is 0 Å². The molecule has 3 rings (SSSR count). The Morgan fingerprint density at radius 3 is 2.17 bits per heavy atom. The quantitative estimate of drug-likeness (QED) is 0.587. The molecular weight excluding hydrogens is 400 g/mol. The molecule has 3 aromatic rings. The molecule has 0 saturated heterocycles. The number of carbonyl (C=O) groups excluding carboxylic acids is 1. The summed E-state index contributed by atoms with van der Waals surface area (Å²) in [6.07, 6.45) is 0. The third-order valence-corrected chi connectivity index (χ3v) is 6.37. The van der Waals surface area contributed by atoms with Crippen molar-refractivity contribution >= 4 is 27.3 Å². The van der Waals surface area contributed by atoms with E-state index in [1.807, 2.05) is 31.2 Å². The predicted octanol–water partition coefficient (Wildman–Crippen LogP) is 4.23. The molecule has 0 aliphatic carbocycles. The van der Waals surface area contributed by atoms with Gasteiger partial charge in [-0.05, 0) is 62.4 Å². The Hall–Kier alpha value is -3.32. The third-order valence-electron chi connectivity index (χ3n) is 4.45. The highest BCUT2D eigenvalue weighted by Gasteiger charge is 2.23. The van der Waals surface area contributed by atoms with Crippen LogP contribution in [0.1, 0.15) is 12.5 Å². The molecule has 6 nitrogen and oxygen atoms in total. The number of hydrogen-bond donors (Lipinski definition) is 1. The van der Waals surface area contributed by atoms with E-state index in [1.165, 1.54) is 4.31 Å². The van der Waals surface area contributed by atoms with E-state index in [9.17, 15) is 13.2 Å². The molecule has 0 aliphatic rings. The smallest absolute Gasteiger partial charge is 0.264 e. The van der Waals surface area contributed by atoms with Crippen molar-refractivity contribution in [1.82, 2.24) is 0 Å². The number of sulfonamides is 1. The summed E-state index contributed by atoms with van der Waals surface area (Å²) < 4.78 is 32.7. The number of nitrogens with one attached hydrogen (secondary N) is 1. The van der Waals surface area contributed by atoms with Gasteiger partial charge in [0, 0.05) is 12.2 Å². The van der Waals surface area contributed by atoms with Crippen LogP contribution in [0, 0.1) is 6.92 Å². The molecule has 0 aromatic heterocycles. The first-order valence-electron chi connectivity index (χ1n) is 9.57. The van der Waals surface area contributed by atoms with Gasteiger partial charge in [0.05, 0.1) is 10.6 Å². The average molecular weight is 425 g/mol. The van der Waals surface area contributed by atoms with Crippen LogP contribution in [0.4, 0.5) is 11.4 Å². The second-order valence-electron chi connectivity index (χ2n) is 6.68. The summed E-state index contributed by atoms with van der Waals surface area (Å²) in [5, 5.41) is 2.76. The molecule has 0 bridgehead atoms. The second-order valence-corrected chi connectivity index (χ2v) is 8.54. The van der Waals surface area contributed by atoms with Gasteiger partial charge in [-0.1, -0.05) is 35.9 Å². The molecule has 30 heavy (non-hydrogen) atoms. The highest BCUT2D eigenvalue weighted by Crippen LogP contribution is 2.25. The van der Waals surface area contributed by atoms with Gasteiger partial charge in [-0.3, -0.25) is 9.10 Å². The lowest BCUT2D eigenvalue weighted by molar-refractivity contribution is -0.118. The van der Waals surface area contributed by atoms with Crippen LogP contribution >= 0.6 is 0 Å². The highest BCUT2D eigenvalue weighted by atomic mass is 32.2. The van der Waals surface area contributed by atoms with Crippen LogP contribution < -0.4 is 14.4 Å². The number of carbonyl (C=O) groups is 1. The summed E-state index contributed by atoms with van der Waals surface area (Å²) in [6.45, 7) is 3.90. The lowest BCUT2D eigenvalue weighted by Crippen LogP contribution is -2.30. The van der Waals surface area contributed by atoms with Gasteiger partial charge in [-0.15, -0.1) is 0 Å². The summed E-state index contributed by atoms with van der Waals surface area (Å²) in [5.41, 5.74) is 2.34. The maximum absolute atomic E-state index is 12.9. The molecule has 7 heteroatoms. The summed E-state index contributed by atoms with van der Waals surface area (Å²) in [7, 11) is -3.65. The topological polar surface area (TPSA) is 75.7 Å². The first-order valence-corrected chi connectivity index (χ1v) is 11.0. The van der Waals surface area contributed by atoms with E-state index >= 15 is 0 Å². The van der Waals surface area contributed by atoms with Crippen molar-refractivity contribution in [2.75, 3.05) is 22.8 Å². The minimum Gasteiger partial charge on any atom is -0.484 e. The number of nitrogens with zero attached hydrogens (tertiary/aromatic N) is 1. The molecule has 156 valence electrons. The number of anilines is 2. The van der Waals surface area contributed by atoms with Gasteiger partial charge >= 0.3 is 0 Å². The standard InChI is InChI=1S/C23H24N2O4S/c1-3-25(30(27,28)22-7-5-4-6-8-22)20-13-15-21(16-14-20)29-17-23(26)24-19-11-9-18(2)10-12-19/h4-16H,3,17H2,1-2H3,(H,24,26). The third kappa shape index (κ3) is 5.18. The average Bonchev–Trinajstić information content (AvgIpc) is 2.76. The minimum atomic E-state index is -3.65. The normalized spacial score (nSPS) is 11.0. The monoisotopic (exact) mass is 424 g/mol. The summed E-state index contributed by atoms with van der Waals surface area (Å²) in [4.78, 5) is 12.3. The van der Waals surface area contributed by atoms with Crippen LogP contribution in [-0.4, -0.2) is 27.5 Å². The fraction of sp³-hybridized carbons (Fsp3) is 0.174. The maximum Gasteiger partial charge on any atom is 0.264 e. The van der Waals surface area contributed by atoms with Crippen molar-refractivity contribution in [3.05, 3.63) is 84.4 Å². The molecule has 1 N–H and O–H groups in total. The van der Waals surface area contributed by atoms with E-state index in [2.05, 4.69) is 5.32 Å². The zero-order valence-corrected chi connectivity index (χ0v) is 17.7. The number of ether oxygens (including phenoxy) is 1. The fourth-order valence-electron chi connectivity index (χ4n) is 2.90. The van der Waals surface area contributed by atoms with Crippen molar-refractivity contribution in [3.8, 4) is 5.75 Å². The van der Waals surface area contributed by atoms with Gasteiger partial charge in [0.15, 0.2) is 6.61 Å². The summed E-state index contributed by atoms with van der Waals surface area (Å²) in [6, 6.07) is 22.4. The number of hydrogen-bond acceptors (Lipinski definition) is 4. The first-order chi connectivity index (χ1) is 14.4. The fourth-order valence-corrected chi connectivity index (χ4v) is 4.40. The van der Waals surface area contributed by atoms with Crippen molar-refractivity contribution in [1.29, 1.82) is 0 Å². The minimum absolute atomic E-state index is 0.146. The Labute approximate surface area is 177 Å². The SMILES string of the molecule is CCN(c1ccc(OCC(=O)Nc2ccc(C)cc2)cc1)S(=O)(=O)c1ccccc1. The summed E-state index contributed by atoms with van der Waals surface area (Å²) >= 11 is 0. The molecule has 0 saturated carbocycles. The number of benzene rings is 3. The van der Waals surface area contributed by atoms with Gasteiger partial charge in [-0.2, -0.15) is 0 Å². The zero-order chi connectivity index (χ0) is 21.6. The van der Waals surface area contributed by atoms with E-state index < -0.39 is 10.0 Å². The molecule has 0 aliphatic heterocycles. The Morgan fingerprint density at radius 1 is 0.933 bits per heavy atom. The van der Waals surface area contributed by atoms with Crippen LogP contribution in [0.3, 0.4) is 0 Å². The van der Waals surface area contributed by atoms with Gasteiger partial charge in [0.25, 0.3) is 15.9 Å².